The number of anilines is 1. The highest BCUT2D eigenvalue weighted by molar-refractivity contribution is 5.55. The van der Waals surface area contributed by atoms with E-state index in [0.717, 1.165) is 36.4 Å². The maximum atomic E-state index is 11.5. The van der Waals surface area contributed by atoms with Gasteiger partial charge in [-0.05, 0) is 12.8 Å². The highest BCUT2D eigenvalue weighted by atomic mass is 16.1. The van der Waals surface area contributed by atoms with E-state index in [2.05, 4.69) is 15.3 Å². The zero-order chi connectivity index (χ0) is 9.54. The Labute approximate surface area is 79.8 Å². The van der Waals surface area contributed by atoms with E-state index in [1.54, 1.807) is 16.8 Å². The maximum Gasteiger partial charge on any atom is 0.331 e. The largest absolute Gasteiger partial charge is 0.370 e. The fourth-order valence-electron chi connectivity index (χ4n) is 1.87. The molecule has 72 valence electrons. The number of nitrogens with zero attached hydrogens (tertiary/aromatic N) is 2. The molecule has 0 spiro atoms. The van der Waals surface area contributed by atoms with Crippen molar-refractivity contribution in [1.82, 2.24) is 14.4 Å². The normalized spacial score (nSPS) is 15.1. The number of aromatic amines is 1. The number of hydrogen-bond acceptors (Lipinski definition) is 3. The molecule has 0 aliphatic carbocycles. The van der Waals surface area contributed by atoms with Gasteiger partial charge in [-0.25, -0.2) is 9.20 Å². The standard InChI is InChI=1S/C9H10N4O/c14-9-12-5-6-4-11-7-2-1-3-10-8(7)13(6)9/h4-5,10H,1-3H2,(H,12,14). The van der Waals surface area contributed by atoms with Crippen LogP contribution in [0.4, 0.5) is 5.82 Å². The SMILES string of the molecule is O=c1[nH]cc2cnc3c(n12)NCCC3. The fraction of sp³-hybridized carbons (Fsp3) is 0.333. The van der Waals surface area contributed by atoms with Crippen molar-refractivity contribution in [1.29, 1.82) is 0 Å². The van der Waals surface area contributed by atoms with Crippen molar-refractivity contribution in [2.24, 2.45) is 0 Å². The molecule has 0 fully saturated rings. The van der Waals surface area contributed by atoms with Gasteiger partial charge in [0, 0.05) is 12.7 Å². The smallest absolute Gasteiger partial charge is 0.331 e. The van der Waals surface area contributed by atoms with E-state index in [9.17, 15) is 4.79 Å². The van der Waals surface area contributed by atoms with Gasteiger partial charge in [0.1, 0.15) is 5.82 Å². The molecular weight excluding hydrogens is 180 g/mol. The van der Waals surface area contributed by atoms with Crippen LogP contribution in [0.5, 0.6) is 0 Å². The van der Waals surface area contributed by atoms with E-state index >= 15 is 0 Å². The molecule has 1 aliphatic rings. The molecule has 3 rings (SSSR count). The first kappa shape index (κ1) is 7.61. The van der Waals surface area contributed by atoms with Gasteiger partial charge in [-0.2, -0.15) is 0 Å². The summed E-state index contributed by atoms with van der Waals surface area (Å²) in [5.74, 6) is 0.847. The number of aromatic nitrogens is 3. The Balaban J connectivity index is 2.44. The van der Waals surface area contributed by atoms with Gasteiger partial charge >= 0.3 is 5.69 Å². The molecule has 0 radical (unpaired) electrons. The summed E-state index contributed by atoms with van der Waals surface area (Å²) < 4.78 is 1.64. The second-order valence-corrected chi connectivity index (χ2v) is 3.44. The molecule has 0 atom stereocenters. The number of imidazole rings is 1. The third kappa shape index (κ3) is 0.891. The number of fused-ring (bicyclic) bond motifs is 3. The molecule has 0 amide bonds. The molecule has 0 saturated carbocycles. The van der Waals surface area contributed by atoms with Crippen LogP contribution in [-0.4, -0.2) is 20.9 Å². The van der Waals surface area contributed by atoms with Crippen molar-refractivity contribution in [3.05, 3.63) is 28.6 Å². The first-order valence-corrected chi connectivity index (χ1v) is 4.68. The number of rotatable bonds is 0. The first-order chi connectivity index (χ1) is 6.86. The van der Waals surface area contributed by atoms with E-state index in [4.69, 9.17) is 0 Å². The molecule has 0 saturated heterocycles. The average molecular weight is 190 g/mol. The van der Waals surface area contributed by atoms with Crippen LogP contribution >= 0.6 is 0 Å². The molecular formula is C9H10N4O. The van der Waals surface area contributed by atoms with E-state index in [1.807, 2.05) is 0 Å². The molecule has 0 aromatic carbocycles. The molecule has 1 aliphatic heterocycles. The lowest BCUT2D eigenvalue weighted by Crippen LogP contribution is -2.21. The topological polar surface area (TPSA) is 62.2 Å². The lowest BCUT2D eigenvalue weighted by Gasteiger charge is -2.17. The quantitative estimate of drug-likeness (QED) is 0.631. The minimum Gasteiger partial charge on any atom is -0.370 e. The van der Waals surface area contributed by atoms with Gasteiger partial charge in [0.05, 0.1) is 17.4 Å². The number of aryl methyl sites for hydroxylation is 1. The van der Waals surface area contributed by atoms with Crippen LogP contribution in [-0.2, 0) is 6.42 Å². The van der Waals surface area contributed by atoms with Gasteiger partial charge in [-0.3, -0.25) is 4.98 Å². The van der Waals surface area contributed by atoms with Gasteiger partial charge in [0.25, 0.3) is 0 Å². The Hall–Kier alpha value is -1.78. The Morgan fingerprint density at radius 1 is 1.50 bits per heavy atom. The van der Waals surface area contributed by atoms with Crippen LogP contribution in [0, 0.1) is 0 Å². The Morgan fingerprint density at radius 3 is 3.36 bits per heavy atom. The van der Waals surface area contributed by atoms with Crippen molar-refractivity contribution in [3.63, 3.8) is 0 Å². The summed E-state index contributed by atoms with van der Waals surface area (Å²) in [4.78, 5) is 18.5. The van der Waals surface area contributed by atoms with E-state index in [1.165, 1.54) is 0 Å². The van der Waals surface area contributed by atoms with Crippen LogP contribution in [0.15, 0.2) is 17.2 Å². The van der Waals surface area contributed by atoms with Gasteiger partial charge in [0.15, 0.2) is 0 Å². The average Bonchev–Trinajstić information content (AvgIpc) is 2.61. The predicted octanol–water partition coefficient (Wildman–Crippen LogP) is 0.381. The fourth-order valence-corrected chi connectivity index (χ4v) is 1.87. The van der Waals surface area contributed by atoms with Crippen LogP contribution in [0.25, 0.3) is 5.52 Å². The van der Waals surface area contributed by atoms with Crippen molar-refractivity contribution >= 4 is 11.3 Å². The molecule has 5 nitrogen and oxygen atoms in total. The van der Waals surface area contributed by atoms with Crippen molar-refractivity contribution in [2.45, 2.75) is 12.8 Å². The van der Waals surface area contributed by atoms with Crippen LogP contribution in [0.3, 0.4) is 0 Å². The summed E-state index contributed by atoms with van der Waals surface area (Å²) >= 11 is 0. The van der Waals surface area contributed by atoms with Crippen molar-refractivity contribution < 1.29 is 0 Å². The molecule has 2 aromatic heterocycles. The van der Waals surface area contributed by atoms with Crippen molar-refractivity contribution in [2.75, 3.05) is 11.9 Å². The van der Waals surface area contributed by atoms with E-state index in [-0.39, 0.29) is 5.69 Å². The highest BCUT2D eigenvalue weighted by Gasteiger charge is 2.14. The molecule has 0 unspecified atom stereocenters. The summed E-state index contributed by atoms with van der Waals surface area (Å²) in [5.41, 5.74) is 1.68. The summed E-state index contributed by atoms with van der Waals surface area (Å²) in [6, 6.07) is 0. The number of nitrogens with one attached hydrogen (secondary N) is 2. The molecule has 2 aromatic rings. The highest BCUT2D eigenvalue weighted by Crippen LogP contribution is 2.19. The summed E-state index contributed by atoms with van der Waals surface area (Å²) in [6.07, 6.45) is 5.41. The zero-order valence-electron chi connectivity index (χ0n) is 7.58. The first-order valence-electron chi connectivity index (χ1n) is 4.68. The zero-order valence-corrected chi connectivity index (χ0v) is 7.58. The van der Waals surface area contributed by atoms with Gasteiger partial charge in [-0.15, -0.1) is 0 Å². The second kappa shape index (κ2) is 2.60. The summed E-state index contributed by atoms with van der Waals surface area (Å²) in [5, 5.41) is 3.21. The van der Waals surface area contributed by atoms with E-state index in [0.29, 0.717) is 0 Å². The lowest BCUT2D eigenvalue weighted by atomic mass is 10.2. The van der Waals surface area contributed by atoms with Gasteiger partial charge < -0.3 is 10.3 Å². The monoisotopic (exact) mass is 190 g/mol. The predicted molar refractivity (Wildman–Crippen MR) is 52.6 cm³/mol. The Bertz CT molecular complexity index is 539. The maximum absolute atomic E-state index is 11.5. The molecule has 3 heterocycles. The van der Waals surface area contributed by atoms with E-state index < -0.39 is 0 Å². The van der Waals surface area contributed by atoms with Crippen molar-refractivity contribution in [3.8, 4) is 0 Å². The minimum absolute atomic E-state index is 0.104. The lowest BCUT2D eigenvalue weighted by molar-refractivity contribution is 0.778. The number of hydrogen-bond donors (Lipinski definition) is 2. The third-order valence-corrected chi connectivity index (χ3v) is 2.54. The second-order valence-electron chi connectivity index (χ2n) is 3.44. The molecule has 0 bridgehead atoms. The van der Waals surface area contributed by atoms with Gasteiger partial charge in [-0.1, -0.05) is 0 Å². The van der Waals surface area contributed by atoms with Crippen LogP contribution in [0.2, 0.25) is 0 Å². The Morgan fingerprint density at radius 2 is 2.43 bits per heavy atom. The van der Waals surface area contributed by atoms with Crippen LogP contribution in [0.1, 0.15) is 12.1 Å². The molecule has 5 heteroatoms. The third-order valence-electron chi connectivity index (χ3n) is 2.54. The summed E-state index contributed by atoms with van der Waals surface area (Å²) in [6.45, 7) is 0.908. The van der Waals surface area contributed by atoms with Crippen LogP contribution < -0.4 is 11.0 Å². The summed E-state index contributed by atoms with van der Waals surface area (Å²) in [7, 11) is 0. The minimum atomic E-state index is -0.104. The number of H-pyrrole nitrogens is 1. The Kier molecular flexibility index (Phi) is 1.41. The molecule has 2 N–H and O–H groups in total. The molecule has 14 heavy (non-hydrogen) atoms. The van der Waals surface area contributed by atoms with Gasteiger partial charge in [0.2, 0.25) is 0 Å².